The summed E-state index contributed by atoms with van der Waals surface area (Å²) in [4.78, 5) is 13.1. The Bertz CT molecular complexity index is 257. The van der Waals surface area contributed by atoms with Crippen LogP contribution in [0.3, 0.4) is 0 Å². The van der Waals surface area contributed by atoms with Crippen LogP contribution in [-0.4, -0.2) is 56.3 Å². The maximum atomic E-state index is 11.9. The number of nitrogens with zero attached hydrogens (tertiary/aromatic N) is 1. The van der Waals surface area contributed by atoms with Crippen LogP contribution in [0.5, 0.6) is 0 Å². The highest BCUT2D eigenvalue weighted by Crippen LogP contribution is 2.12. The average Bonchev–Trinajstić information content (AvgIpc) is 2.27. The molecule has 0 atom stereocenters. The van der Waals surface area contributed by atoms with Crippen molar-refractivity contribution in [1.82, 2.24) is 15.5 Å². The second kappa shape index (κ2) is 7.81. The molecular weight excluding hydrogens is 271 g/mol. The van der Waals surface area contributed by atoms with Crippen LogP contribution >= 0.6 is 12.4 Å². The number of hydrogen-bond donors (Lipinski definition) is 2. The second-order valence-electron chi connectivity index (χ2n) is 4.29. The van der Waals surface area contributed by atoms with Gasteiger partial charge in [-0.05, 0) is 33.0 Å². The molecule has 1 heterocycles. The van der Waals surface area contributed by atoms with Crippen LogP contribution in [0.25, 0.3) is 0 Å². The monoisotopic (exact) mass is 289 g/mol. The summed E-state index contributed by atoms with van der Waals surface area (Å²) in [5.41, 5.74) is 0. The molecule has 1 rings (SSSR count). The highest BCUT2D eigenvalue weighted by Gasteiger charge is 2.28. The molecule has 0 aromatic rings. The van der Waals surface area contributed by atoms with Crippen molar-refractivity contribution in [2.75, 3.05) is 33.2 Å². The van der Waals surface area contributed by atoms with Crippen molar-refractivity contribution in [3.8, 4) is 0 Å². The number of amides is 1. The first-order valence-electron chi connectivity index (χ1n) is 5.63. The van der Waals surface area contributed by atoms with Crippen LogP contribution in [0.15, 0.2) is 0 Å². The molecule has 0 aliphatic carbocycles. The molecule has 0 aromatic heterocycles. The Hall–Kier alpha value is -0.530. The van der Waals surface area contributed by atoms with E-state index in [1.165, 1.54) is 0 Å². The van der Waals surface area contributed by atoms with E-state index in [0.29, 0.717) is 0 Å². The summed E-state index contributed by atoms with van der Waals surface area (Å²) in [6.07, 6.45) is -2.50. The summed E-state index contributed by atoms with van der Waals surface area (Å²) >= 11 is 0. The van der Waals surface area contributed by atoms with Crippen LogP contribution in [0.4, 0.5) is 13.2 Å². The van der Waals surface area contributed by atoms with Crippen molar-refractivity contribution in [3.63, 3.8) is 0 Å². The topological polar surface area (TPSA) is 44.4 Å². The van der Waals surface area contributed by atoms with Gasteiger partial charge in [0.1, 0.15) is 6.54 Å². The van der Waals surface area contributed by atoms with Gasteiger partial charge in [-0.25, -0.2) is 0 Å². The lowest BCUT2D eigenvalue weighted by Gasteiger charge is -2.31. The maximum Gasteiger partial charge on any atom is 0.405 e. The lowest BCUT2D eigenvalue weighted by molar-refractivity contribution is -0.139. The molecule has 108 valence electrons. The normalized spacial score (nSPS) is 17.4. The minimum atomic E-state index is -4.34. The molecule has 1 fully saturated rings. The zero-order valence-electron chi connectivity index (χ0n) is 10.2. The summed E-state index contributed by atoms with van der Waals surface area (Å²) in [7, 11) is 1.77. The Morgan fingerprint density at radius 1 is 1.39 bits per heavy atom. The van der Waals surface area contributed by atoms with Crippen LogP contribution in [-0.2, 0) is 4.79 Å². The number of nitrogens with one attached hydrogen (secondary N) is 2. The number of alkyl halides is 3. The smallest absolute Gasteiger partial charge is 0.346 e. The van der Waals surface area contributed by atoms with Crippen molar-refractivity contribution in [2.45, 2.75) is 25.1 Å². The van der Waals surface area contributed by atoms with Gasteiger partial charge in [0, 0.05) is 6.04 Å². The predicted molar refractivity (Wildman–Crippen MR) is 64.8 cm³/mol. The quantitative estimate of drug-likeness (QED) is 0.804. The van der Waals surface area contributed by atoms with Gasteiger partial charge in [-0.3, -0.25) is 9.69 Å². The Labute approximate surface area is 111 Å². The molecule has 1 aliphatic heterocycles. The maximum absolute atomic E-state index is 11.9. The van der Waals surface area contributed by atoms with Gasteiger partial charge in [-0.2, -0.15) is 13.2 Å². The van der Waals surface area contributed by atoms with E-state index < -0.39 is 18.6 Å². The summed E-state index contributed by atoms with van der Waals surface area (Å²) in [6, 6.07) is 0.271. The third-order valence-corrected chi connectivity index (χ3v) is 2.81. The number of carbonyl (C=O) groups is 1. The Balaban J connectivity index is 0.00000289. The van der Waals surface area contributed by atoms with Gasteiger partial charge in [0.15, 0.2) is 0 Å². The Morgan fingerprint density at radius 3 is 2.44 bits per heavy atom. The summed E-state index contributed by atoms with van der Waals surface area (Å²) < 4.78 is 35.6. The van der Waals surface area contributed by atoms with Crippen LogP contribution in [0, 0.1) is 0 Å². The van der Waals surface area contributed by atoms with E-state index in [-0.39, 0.29) is 25.0 Å². The van der Waals surface area contributed by atoms with Gasteiger partial charge in [0.2, 0.25) is 5.91 Å². The minimum absolute atomic E-state index is 0. The fourth-order valence-electron chi connectivity index (χ4n) is 1.86. The Morgan fingerprint density at radius 2 is 1.94 bits per heavy atom. The largest absolute Gasteiger partial charge is 0.405 e. The van der Waals surface area contributed by atoms with E-state index >= 15 is 0 Å². The SMILES string of the molecule is CN(CC(=O)NCC(F)(F)F)C1CCNCC1.Cl. The van der Waals surface area contributed by atoms with Crippen molar-refractivity contribution < 1.29 is 18.0 Å². The van der Waals surface area contributed by atoms with Crippen molar-refractivity contribution in [1.29, 1.82) is 0 Å². The lowest BCUT2D eigenvalue weighted by Crippen LogP contribution is -2.46. The number of piperidine rings is 1. The first-order valence-corrected chi connectivity index (χ1v) is 5.63. The average molecular weight is 290 g/mol. The predicted octanol–water partition coefficient (Wildman–Crippen LogP) is 0.770. The lowest BCUT2D eigenvalue weighted by atomic mass is 10.1. The van der Waals surface area contributed by atoms with Gasteiger partial charge >= 0.3 is 6.18 Å². The van der Waals surface area contributed by atoms with Gasteiger partial charge in [-0.15, -0.1) is 12.4 Å². The van der Waals surface area contributed by atoms with E-state index in [0.717, 1.165) is 25.9 Å². The van der Waals surface area contributed by atoms with E-state index in [4.69, 9.17) is 0 Å². The van der Waals surface area contributed by atoms with Crippen molar-refractivity contribution in [3.05, 3.63) is 0 Å². The van der Waals surface area contributed by atoms with Gasteiger partial charge < -0.3 is 10.6 Å². The molecule has 8 heteroatoms. The molecule has 0 aromatic carbocycles. The molecule has 18 heavy (non-hydrogen) atoms. The van der Waals surface area contributed by atoms with E-state index in [2.05, 4.69) is 5.32 Å². The van der Waals surface area contributed by atoms with Crippen LogP contribution < -0.4 is 10.6 Å². The summed E-state index contributed by atoms with van der Waals surface area (Å²) in [5.74, 6) is -0.580. The standard InChI is InChI=1S/C10H18F3N3O.ClH/c1-16(8-2-4-14-5-3-8)6-9(17)15-7-10(11,12)13;/h8,14H,2-7H2,1H3,(H,15,17);1H. The molecule has 0 bridgehead atoms. The zero-order valence-corrected chi connectivity index (χ0v) is 11.0. The number of carbonyl (C=O) groups excluding carboxylic acids is 1. The second-order valence-corrected chi connectivity index (χ2v) is 4.29. The molecule has 0 spiro atoms. The molecule has 1 saturated heterocycles. The minimum Gasteiger partial charge on any atom is -0.346 e. The van der Waals surface area contributed by atoms with Crippen molar-refractivity contribution >= 4 is 18.3 Å². The van der Waals surface area contributed by atoms with Crippen LogP contribution in [0.2, 0.25) is 0 Å². The van der Waals surface area contributed by atoms with Gasteiger partial charge in [-0.1, -0.05) is 0 Å². The first-order chi connectivity index (χ1) is 7.88. The Kier molecular flexibility index (Phi) is 7.58. The third-order valence-electron chi connectivity index (χ3n) is 2.81. The van der Waals surface area contributed by atoms with Crippen LogP contribution in [0.1, 0.15) is 12.8 Å². The van der Waals surface area contributed by atoms with E-state index in [1.807, 2.05) is 10.2 Å². The molecule has 2 N–H and O–H groups in total. The van der Waals surface area contributed by atoms with E-state index in [9.17, 15) is 18.0 Å². The number of hydrogen-bond acceptors (Lipinski definition) is 3. The van der Waals surface area contributed by atoms with Crippen molar-refractivity contribution in [2.24, 2.45) is 0 Å². The number of rotatable bonds is 4. The van der Waals surface area contributed by atoms with E-state index in [1.54, 1.807) is 7.05 Å². The molecule has 1 aliphatic rings. The highest BCUT2D eigenvalue weighted by atomic mass is 35.5. The zero-order chi connectivity index (χ0) is 12.9. The number of likely N-dealkylation sites (N-methyl/N-ethyl adjacent to an activating group) is 1. The first kappa shape index (κ1) is 17.5. The summed E-state index contributed by atoms with van der Waals surface area (Å²) in [6.45, 7) is 0.533. The molecule has 0 radical (unpaired) electrons. The molecule has 0 unspecified atom stereocenters. The fourth-order valence-corrected chi connectivity index (χ4v) is 1.86. The molecule has 1 amide bonds. The molecule has 4 nitrogen and oxygen atoms in total. The third kappa shape index (κ3) is 7.03. The highest BCUT2D eigenvalue weighted by molar-refractivity contribution is 5.85. The molecular formula is C10H19ClF3N3O. The van der Waals surface area contributed by atoms with Gasteiger partial charge in [0.05, 0.1) is 6.54 Å². The summed E-state index contributed by atoms with van der Waals surface area (Å²) in [5, 5.41) is 5.06. The fraction of sp³-hybridized carbons (Fsp3) is 0.900. The molecule has 0 saturated carbocycles. The van der Waals surface area contributed by atoms with Gasteiger partial charge in [0.25, 0.3) is 0 Å². The number of halogens is 4.